The highest BCUT2D eigenvalue weighted by atomic mass is 79.9. The van der Waals surface area contributed by atoms with Gasteiger partial charge in [0.25, 0.3) is 9.05 Å². The Balaban J connectivity index is 2.23. The third-order valence-corrected chi connectivity index (χ3v) is 4.14. The van der Waals surface area contributed by atoms with Crippen LogP contribution in [0, 0.1) is 5.82 Å². The first-order chi connectivity index (χ1) is 9.36. The molecule has 0 unspecified atom stereocenters. The van der Waals surface area contributed by atoms with Crippen LogP contribution in [-0.2, 0) is 15.7 Å². The summed E-state index contributed by atoms with van der Waals surface area (Å²) >= 11 is 3.25. The zero-order chi connectivity index (χ0) is 14.8. The van der Waals surface area contributed by atoms with E-state index in [1.54, 1.807) is 18.3 Å². The molecule has 0 atom stereocenters. The second-order valence-electron chi connectivity index (χ2n) is 3.79. The van der Waals surface area contributed by atoms with E-state index in [1.807, 2.05) is 0 Å². The van der Waals surface area contributed by atoms with Crippen LogP contribution in [0.2, 0.25) is 0 Å². The fourth-order valence-electron chi connectivity index (χ4n) is 1.44. The highest BCUT2D eigenvalue weighted by molar-refractivity contribution is 9.10. The molecule has 1 aromatic carbocycles. The Hall–Kier alpha value is -1.18. The molecule has 0 radical (unpaired) electrons. The fourth-order valence-corrected chi connectivity index (χ4v) is 2.65. The maximum absolute atomic E-state index is 13.1. The van der Waals surface area contributed by atoms with Gasteiger partial charge in [0, 0.05) is 21.4 Å². The molecule has 106 valence electrons. The van der Waals surface area contributed by atoms with Crippen LogP contribution >= 0.6 is 26.6 Å². The molecule has 4 nitrogen and oxygen atoms in total. The summed E-state index contributed by atoms with van der Waals surface area (Å²) in [6, 6.07) is 6.60. The Morgan fingerprint density at radius 1 is 1.30 bits per heavy atom. The third kappa shape index (κ3) is 3.91. The van der Waals surface area contributed by atoms with E-state index in [4.69, 9.17) is 15.4 Å². The Labute approximate surface area is 128 Å². The monoisotopic (exact) mass is 379 g/mol. The van der Waals surface area contributed by atoms with Crippen LogP contribution in [0.4, 0.5) is 4.39 Å². The SMILES string of the molecule is O=S(=O)(Cl)c1cc(F)ccc1OCc1ccc(Br)cn1. The topological polar surface area (TPSA) is 56.3 Å². The second kappa shape index (κ2) is 6.07. The van der Waals surface area contributed by atoms with E-state index in [2.05, 4.69) is 20.9 Å². The number of aromatic nitrogens is 1. The molecule has 0 aliphatic heterocycles. The maximum atomic E-state index is 13.1. The summed E-state index contributed by atoms with van der Waals surface area (Å²) in [6.45, 7) is 0.0400. The molecular weight excluding hydrogens is 373 g/mol. The van der Waals surface area contributed by atoms with Gasteiger partial charge in [-0.2, -0.15) is 0 Å². The number of hydrogen-bond acceptors (Lipinski definition) is 4. The molecule has 0 saturated heterocycles. The van der Waals surface area contributed by atoms with Crippen molar-refractivity contribution < 1.29 is 17.5 Å². The standard InChI is InChI=1S/C12H8BrClFNO3S/c13-8-1-3-10(16-6-8)7-19-11-4-2-9(15)5-12(11)20(14,17)18/h1-6H,7H2. The van der Waals surface area contributed by atoms with Crippen LogP contribution in [0.1, 0.15) is 5.69 Å². The molecule has 1 heterocycles. The van der Waals surface area contributed by atoms with Crippen molar-refractivity contribution in [1.82, 2.24) is 4.98 Å². The molecule has 0 saturated carbocycles. The molecule has 2 rings (SSSR count). The summed E-state index contributed by atoms with van der Waals surface area (Å²) in [5.41, 5.74) is 0.593. The van der Waals surface area contributed by atoms with E-state index in [1.165, 1.54) is 6.07 Å². The van der Waals surface area contributed by atoms with Crippen molar-refractivity contribution in [3.8, 4) is 5.75 Å². The number of halogens is 3. The summed E-state index contributed by atoms with van der Waals surface area (Å²) in [5.74, 6) is -0.732. The molecule has 0 amide bonds. The number of rotatable bonds is 4. The number of benzene rings is 1. The molecule has 8 heteroatoms. The Morgan fingerprint density at radius 2 is 2.05 bits per heavy atom. The lowest BCUT2D eigenvalue weighted by molar-refractivity contribution is 0.292. The van der Waals surface area contributed by atoms with Crippen LogP contribution in [-0.4, -0.2) is 13.4 Å². The summed E-state index contributed by atoms with van der Waals surface area (Å²) < 4.78 is 42.0. The Kier molecular flexibility index (Phi) is 4.62. The predicted octanol–water partition coefficient (Wildman–Crippen LogP) is 3.49. The molecule has 0 N–H and O–H groups in total. The van der Waals surface area contributed by atoms with Crippen LogP contribution in [0.25, 0.3) is 0 Å². The average molecular weight is 381 g/mol. The summed E-state index contributed by atoms with van der Waals surface area (Å²) in [7, 11) is 1.15. The van der Waals surface area contributed by atoms with Gasteiger partial charge < -0.3 is 4.74 Å². The minimum Gasteiger partial charge on any atom is -0.486 e. The molecule has 0 aliphatic rings. The minimum absolute atomic E-state index is 0.0221. The minimum atomic E-state index is -4.09. The molecule has 0 spiro atoms. The predicted molar refractivity (Wildman–Crippen MR) is 75.7 cm³/mol. The van der Waals surface area contributed by atoms with Gasteiger partial charge in [0.15, 0.2) is 0 Å². The second-order valence-corrected chi connectivity index (χ2v) is 7.24. The lowest BCUT2D eigenvalue weighted by Crippen LogP contribution is -2.02. The first-order valence-electron chi connectivity index (χ1n) is 5.34. The van der Waals surface area contributed by atoms with Crippen molar-refractivity contribution in [1.29, 1.82) is 0 Å². The van der Waals surface area contributed by atoms with Crippen molar-refractivity contribution >= 4 is 35.7 Å². The maximum Gasteiger partial charge on any atom is 0.265 e. The van der Waals surface area contributed by atoms with Gasteiger partial charge in [0.2, 0.25) is 0 Å². The van der Waals surface area contributed by atoms with Gasteiger partial charge >= 0.3 is 0 Å². The van der Waals surface area contributed by atoms with Crippen LogP contribution in [0.15, 0.2) is 45.9 Å². The van der Waals surface area contributed by atoms with Crippen molar-refractivity contribution in [3.05, 3.63) is 52.5 Å². The van der Waals surface area contributed by atoms with Gasteiger partial charge in [0.05, 0.1) is 5.69 Å². The van der Waals surface area contributed by atoms with Crippen molar-refractivity contribution in [2.24, 2.45) is 0 Å². The molecule has 2 aromatic rings. The number of nitrogens with zero attached hydrogens (tertiary/aromatic N) is 1. The lowest BCUT2D eigenvalue weighted by atomic mass is 10.3. The highest BCUT2D eigenvalue weighted by Gasteiger charge is 2.18. The molecule has 20 heavy (non-hydrogen) atoms. The van der Waals surface area contributed by atoms with Gasteiger partial charge in [-0.3, -0.25) is 4.98 Å². The molecule has 1 aromatic heterocycles. The summed E-state index contributed by atoms with van der Waals surface area (Å²) in [6.07, 6.45) is 1.59. The van der Waals surface area contributed by atoms with E-state index >= 15 is 0 Å². The Bertz CT molecular complexity index is 722. The van der Waals surface area contributed by atoms with E-state index < -0.39 is 19.8 Å². The van der Waals surface area contributed by atoms with E-state index in [0.29, 0.717) is 5.69 Å². The van der Waals surface area contributed by atoms with Gasteiger partial charge in [-0.15, -0.1) is 0 Å². The highest BCUT2D eigenvalue weighted by Crippen LogP contribution is 2.28. The van der Waals surface area contributed by atoms with Crippen LogP contribution in [0.3, 0.4) is 0 Å². The first-order valence-corrected chi connectivity index (χ1v) is 8.44. The molecule has 0 fully saturated rings. The van der Waals surface area contributed by atoms with Crippen LogP contribution < -0.4 is 4.74 Å². The molecular formula is C12H8BrClFNO3S. The summed E-state index contributed by atoms with van der Waals surface area (Å²) in [4.78, 5) is 3.67. The molecule has 0 bridgehead atoms. The van der Waals surface area contributed by atoms with Gasteiger partial charge in [-0.05, 0) is 46.3 Å². The molecule has 0 aliphatic carbocycles. The quantitative estimate of drug-likeness (QED) is 0.762. The van der Waals surface area contributed by atoms with Gasteiger partial charge in [0.1, 0.15) is 23.1 Å². The number of hydrogen-bond donors (Lipinski definition) is 0. The summed E-state index contributed by atoms with van der Waals surface area (Å²) in [5, 5.41) is 0. The fraction of sp³-hybridized carbons (Fsp3) is 0.0833. The third-order valence-electron chi connectivity index (χ3n) is 2.33. The van der Waals surface area contributed by atoms with Crippen LogP contribution in [0.5, 0.6) is 5.75 Å². The lowest BCUT2D eigenvalue weighted by Gasteiger charge is -2.09. The first kappa shape index (κ1) is 15.2. The number of ether oxygens (including phenoxy) is 1. The van der Waals surface area contributed by atoms with Gasteiger partial charge in [-0.1, -0.05) is 0 Å². The van der Waals surface area contributed by atoms with Crippen molar-refractivity contribution in [3.63, 3.8) is 0 Å². The van der Waals surface area contributed by atoms with Crippen molar-refractivity contribution in [2.45, 2.75) is 11.5 Å². The smallest absolute Gasteiger partial charge is 0.265 e. The zero-order valence-electron chi connectivity index (χ0n) is 9.89. The Morgan fingerprint density at radius 3 is 2.65 bits per heavy atom. The zero-order valence-corrected chi connectivity index (χ0v) is 13.0. The normalized spacial score (nSPS) is 11.3. The van der Waals surface area contributed by atoms with E-state index in [9.17, 15) is 12.8 Å². The largest absolute Gasteiger partial charge is 0.486 e. The number of pyridine rings is 1. The van der Waals surface area contributed by atoms with Crippen molar-refractivity contribution in [2.75, 3.05) is 0 Å². The van der Waals surface area contributed by atoms with E-state index in [0.717, 1.165) is 16.6 Å². The van der Waals surface area contributed by atoms with E-state index in [-0.39, 0.29) is 12.4 Å². The average Bonchev–Trinajstić information content (AvgIpc) is 2.38. The van der Waals surface area contributed by atoms with Gasteiger partial charge in [-0.25, -0.2) is 12.8 Å².